The number of hydrogen-bond acceptors (Lipinski definition) is 5. The van der Waals surface area contributed by atoms with Gasteiger partial charge in [-0.15, -0.1) is 0 Å². The molecule has 4 aromatic rings. The van der Waals surface area contributed by atoms with Crippen LogP contribution in [0.5, 0.6) is 5.75 Å². The number of nitrogens with zero attached hydrogens (tertiary/aromatic N) is 1. The molecule has 1 heterocycles. The first-order valence-corrected chi connectivity index (χ1v) is 11.9. The van der Waals surface area contributed by atoms with Crippen LogP contribution < -0.4 is 4.74 Å². The number of pyridine rings is 1. The summed E-state index contributed by atoms with van der Waals surface area (Å²) in [5.74, 6) is -0.515. The molecule has 0 unspecified atom stereocenters. The zero-order valence-electron chi connectivity index (χ0n) is 18.1. The van der Waals surface area contributed by atoms with E-state index in [0.717, 1.165) is 12.3 Å². The van der Waals surface area contributed by atoms with Gasteiger partial charge >= 0.3 is 12.1 Å². The number of rotatable bonds is 4. The van der Waals surface area contributed by atoms with E-state index < -0.39 is 27.5 Å². The van der Waals surface area contributed by atoms with Gasteiger partial charge in [0.2, 0.25) is 0 Å². The molecule has 0 amide bonds. The maximum Gasteiger partial charge on any atom is 0.418 e. The van der Waals surface area contributed by atoms with Crippen molar-refractivity contribution >= 4 is 26.7 Å². The molecule has 1 aromatic heterocycles. The number of para-hydroxylation sites is 1. The topological polar surface area (TPSA) is 73.3 Å². The molecular formula is C25H18F3NO4S. The molecule has 0 saturated heterocycles. The molecule has 0 aliphatic carbocycles. The highest BCUT2D eigenvalue weighted by atomic mass is 32.2. The summed E-state index contributed by atoms with van der Waals surface area (Å²) in [7, 11) is -3.40. The van der Waals surface area contributed by atoms with Crippen LogP contribution in [0.4, 0.5) is 13.2 Å². The standard InChI is InChI=1S/C25H18F3NO4S/c1-15-14-29-23-20(7-4-8-21(23)25(26,27)28)22(15)17-5-3-6-18(13-17)33-24(30)16-9-11-19(12-10-16)34(2,31)32/h3-14H,1-2H3. The lowest BCUT2D eigenvalue weighted by Gasteiger charge is -2.15. The molecule has 3 aromatic carbocycles. The SMILES string of the molecule is Cc1cnc2c(C(F)(F)F)cccc2c1-c1cccc(OC(=O)c2ccc(S(C)(=O)=O)cc2)c1. The minimum Gasteiger partial charge on any atom is -0.423 e. The third-order valence-electron chi connectivity index (χ3n) is 5.24. The molecule has 174 valence electrons. The molecule has 4 rings (SSSR count). The van der Waals surface area contributed by atoms with Crippen LogP contribution in [0.3, 0.4) is 0 Å². The number of sulfone groups is 1. The summed E-state index contributed by atoms with van der Waals surface area (Å²) in [6.07, 6.45) is -2.10. The largest absolute Gasteiger partial charge is 0.423 e. The van der Waals surface area contributed by atoms with Gasteiger partial charge in [-0.3, -0.25) is 4.98 Å². The Morgan fingerprint density at radius 2 is 1.65 bits per heavy atom. The van der Waals surface area contributed by atoms with Crippen molar-refractivity contribution in [3.05, 3.63) is 89.6 Å². The summed E-state index contributed by atoms with van der Waals surface area (Å²) in [5, 5.41) is 0.328. The Morgan fingerprint density at radius 3 is 2.29 bits per heavy atom. The molecular weight excluding hydrogens is 467 g/mol. The summed E-state index contributed by atoms with van der Waals surface area (Å²) in [4.78, 5) is 16.6. The van der Waals surface area contributed by atoms with Crippen LogP contribution in [0.2, 0.25) is 0 Å². The van der Waals surface area contributed by atoms with Crippen molar-refractivity contribution in [2.45, 2.75) is 18.0 Å². The third-order valence-corrected chi connectivity index (χ3v) is 6.37. The molecule has 0 atom stereocenters. The zero-order chi connectivity index (χ0) is 24.7. The van der Waals surface area contributed by atoms with Gasteiger partial charge in [-0.05, 0) is 66.1 Å². The van der Waals surface area contributed by atoms with Crippen molar-refractivity contribution in [1.82, 2.24) is 4.98 Å². The fraction of sp³-hybridized carbons (Fsp3) is 0.120. The lowest BCUT2D eigenvalue weighted by Crippen LogP contribution is -2.09. The molecule has 0 aliphatic rings. The molecule has 0 bridgehead atoms. The average Bonchev–Trinajstić information content (AvgIpc) is 2.77. The van der Waals surface area contributed by atoms with E-state index in [0.29, 0.717) is 22.1 Å². The van der Waals surface area contributed by atoms with E-state index in [2.05, 4.69) is 4.98 Å². The zero-order valence-corrected chi connectivity index (χ0v) is 18.9. The number of fused-ring (bicyclic) bond motifs is 1. The van der Waals surface area contributed by atoms with Gasteiger partial charge in [0.15, 0.2) is 9.84 Å². The molecule has 0 radical (unpaired) electrons. The second-order valence-electron chi connectivity index (χ2n) is 7.73. The third kappa shape index (κ3) is 4.65. The first kappa shape index (κ1) is 23.4. The number of aromatic nitrogens is 1. The smallest absolute Gasteiger partial charge is 0.418 e. The lowest BCUT2D eigenvalue weighted by molar-refractivity contribution is -0.136. The maximum absolute atomic E-state index is 13.5. The second kappa shape index (κ2) is 8.57. The van der Waals surface area contributed by atoms with Crippen LogP contribution in [0.1, 0.15) is 21.5 Å². The number of carbonyl (C=O) groups is 1. The molecule has 0 aliphatic heterocycles. The minimum atomic E-state index is -4.55. The monoisotopic (exact) mass is 485 g/mol. The van der Waals surface area contributed by atoms with Crippen molar-refractivity contribution in [1.29, 1.82) is 0 Å². The second-order valence-corrected chi connectivity index (χ2v) is 9.75. The van der Waals surface area contributed by atoms with E-state index >= 15 is 0 Å². The van der Waals surface area contributed by atoms with E-state index in [-0.39, 0.29) is 21.7 Å². The fourth-order valence-electron chi connectivity index (χ4n) is 3.65. The number of halogens is 3. The van der Waals surface area contributed by atoms with Gasteiger partial charge in [0.25, 0.3) is 0 Å². The van der Waals surface area contributed by atoms with Gasteiger partial charge in [-0.1, -0.05) is 24.3 Å². The number of ether oxygens (including phenoxy) is 1. The van der Waals surface area contributed by atoms with Gasteiger partial charge in [0.05, 0.1) is 21.5 Å². The van der Waals surface area contributed by atoms with Gasteiger partial charge in [-0.2, -0.15) is 13.2 Å². The number of esters is 1. The Kier molecular flexibility index (Phi) is 5.91. The molecule has 0 spiro atoms. The number of carbonyl (C=O) groups excluding carboxylic acids is 1. The van der Waals surface area contributed by atoms with E-state index in [1.54, 1.807) is 37.3 Å². The number of aryl methyl sites for hydroxylation is 1. The van der Waals surface area contributed by atoms with E-state index in [9.17, 15) is 26.4 Å². The first-order chi connectivity index (χ1) is 15.9. The molecule has 0 saturated carbocycles. The average molecular weight is 485 g/mol. The summed E-state index contributed by atoms with van der Waals surface area (Å²) < 4.78 is 69.1. The van der Waals surface area contributed by atoms with Crippen LogP contribution in [-0.4, -0.2) is 25.6 Å². The van der Waals surface area contributed by atoms with Crippen LogP contribution in [0, 0.1) is 6.92 Å². The summed E-state index contributed by atoms with van der Waals surface area (Å²) in [5.41, 5.74) is 0.925. The van der Waals surface area contributed by atoms with Gasteiger partial charge in [-0.25, -0.2) is 13.2 Å². The Bertz CT molecular complexity index is 1510. The molecule has 34 heavy (non-hydrogen) atoms. The van der Waals surface area contributed by atoms with Crippen molar-refractivity contribution in [2.24, 2.45) is 0 Å². The van der Waals surface area contributed by atoms with Crippen molar-refractivity contribution in [2.75, 3.05) is 6.26 Å². The predicted octanol–water partition coefficient (Wildman–Crippen LogP) is 5.85. The van der Waals surface area contributed by atoms with E-state index in [1.807, 2.05) is 0 Å². The Labute approximate surface area is 193 Å². The predicted molar refractivity (Wildman–Crippen MR) is 121 cm³/mol. The normalized spacial score (nSPS) is 12.0. The van der Waals surface area contributed by atoms with Crippen molar-refractivity contribution < 1.29 is 31.1 Å². The molecule has 5 nitrogen and oxygen atoms in total. The van der Waals surface area contributed by atoms with E-state index in [1.165, 1.54) is 36.5 Å². The highest BCUT2D eigenvalue weighted by molar-refractivity contribution is 7.90. The van der Waals surface area contributed by atoms with Crippen molar-refractivity contribution in [3.8, 4) is 16.9 Å². The van der Waals surface area contributed by atoms with Gasteiger partial charge in [0, 0.05) is 17.8 Å². The number of alkyl halides is 3. The number of hydrogen-bond donors (Lipinski definition) is 0. The van der Waals surface area contributed by atoms with Crippen LogP contribution >= 0.6 is 0 Å². The molecule has 9 heteroatoms. The molecule has 0 fully saturated rings. The molecule has 0 N–H and O–H groups in total. The minimum absolute atomic E-state index is 0.0734. The quantitative estimate of drug-likeness (QED) is 0.268. The van der Waals surface area contributed by atoms with E-state index in [4.69, 9.17) is 4.74 Å². The highest BCUT2D eigenvalue weighted by Crippen LogP contribution is 2.38. The lowest BCUT2D eigenvalue weighted by atomic mass is 9.95. The fourth-order valence-corrected chi connectivity index (χ4v) is 4.28. The van der Waals surface area contributed by atoms with Crippen LogP contribution in [0.25, 0.3) is 22.0 Å². The summed E-state index contributed by atoms with van der Waals surface area (Å²) in [6.45, 7) is 1.74. The van der Waals surface area contributed by atoms with Gasteiger partial charge < -0.3 is 4.74 Å². The first-order valence-electron chi connectivity index (χ1n) is 10.0. The Balaban J connectivity index is 1.71. The summed E-state index contributed by atoms with van der Waals surface area (Å²) in [6, 6.07) is 15.7. The van der Waals surface area contributed by atoms with Gasteiger partial charge in [0.1, 0.15) is 5.75 Å². The van der Waals surface area contributed by atoms with Crippen LogP contribution in [0.15, 0.2) is 77.8 Å². The summed E-state index contributed by atoms with van der Waals surface area (Å²) >= 11 is 0. The van der Waals surface area contributed by atoms with Crippen molar-refractivity contribution in [3.63, 3.8) is 0 Å². The Morgan fingerprint density at radius 1 is 0.971 bits per heavy atom. The number of benzene rings is 3. The maximum atomic E-state index is 13.5. The van der Waals surface area contributed by atoms with Crippen LogP contribution in [-0.2, 0) is 16.0 Å². The highest BCUT2D eigenvalue weighted by Gasteiger charge is 2.33. The Hall–Kier alpha value is -3.72.